The van der Waals surface area contributed by atoms with E-state index in [0.29, 0.717) is 53.1 Å². The molecule has 3 aromatic carbocycles. The maximum Gasteiger partial charge on any atom is 0.252 e. The van der Waals surface area contributed by atoms with Gasteiger partial charge in [-0.25, -0.2) is 4.99 Å². The summed E-state index contributed by atoms with van der Waals surface area (Å²) in [7, 11) is 0. The molecule has 2 N–H and O–H groups in total. The van der Waals surface area contributed by atoms with Gasteiger partial charge in [-0.2, -0.15) is 0 Å². The topological polar surface area (TPSA) is 129 Å². The number of rotatable bonds is 11. The van der Waals surface area contributed by atoms with Crippen molar-refractivity contribution in [1.29, 1.82) is 0 Å². The number of azide groups is 1. The van der Waals surface area contributed by atoms with Crippen LogP contribution in [0.3, 0.4) is 0 Å². The Bertz CT molecular complexity index is 1310. The smallest absolute Gasteiger partial charge is 0.252 e. The lowest BCUT2D eigenvalue weighted by molar-refractivity contribution is -0.126. The SMILES string of the molecule is [N-]=[N+]=Nc1ccccc1C[C@]1(C(=O)NCc2ccc(Cl)cc2)COC(c2ccc(OCCCO)cc2)=N1. The van der Waals surface area contributed by atoms with E-state index < -0.39 is 5.54 Å². The Morgan fingerprint density at radius 1 is 1.16 bits per heavy atom. The Morgan fingerprint density at radius 3 is 2.65 bits per heavy atom. The number of hydrogen-bond acceptors (Lipinski definition) is 6. The van der Waals surface area contributed by atoms with E-state index in [4.69, 9.17) is 36.7 Å². The van der Waals surface area contributed by atoms with Gasteiger partial charge in [0, 0.05) is 47.2 Å². The van der Waals surface area contributed by atoms with Crippen LogP contribution in [0.15, 0.2) is 82.9 Å². The molecule has 0 saturated heterocycles. The Morgan fingerprint density at radius 2 is 1.92 bits per heavy atom. The predicted molar refractivity (Wildman–Crippen MR) is 141 cm³/mol. The number of benzene rings is 3. The molecule has 37 heavy (non-hydrogen) atoms. The van der Waals surface area contributed by atoms with E-state index in [1.807, 2.05) is 36.4 Å². The van der Waals surface area contributed by atoms with Gasteiger partial charge in [-0.1, -0.05) is 53.1 Å². The molecule has 190 valence electrons. The highest BCUT2D eigenvalue weighted by atomic mass is 35.5. The van der Waals surface area contributed by atoms with Gasteiger partial charge in [-0.05, 0) is 53.1 Å². The number of hydrogen-bond donors (Lipinski definition) is 2. The molecule has 0 saturated carbocycles. The normalized spacial score (nSPS) is 16.3. The lowest BCUT2D eigenvalue weighted by Gasteiger charge is -2.24. The van der Waals surface area contributed by atoms with Crippen molar-refractivity contribution in [3.8, 4) is 5.75 Å². The summed E-state index contributed by atoms with van der Waals surface area (Å²) < 4.78 is 11.5. The van der Waals surface area contributed by atoms with E-state index in [1.165, 1.54) is 0 Å². The summed E-state index contributed by atoms with van der Waals surface area (Å²) in [5.74, 6) is 0.688. The van der Waals surface area contributed by atoms with Crippen molar-refractivity contribution < 1.29 is 19.4 Å². The minimum atomic E-state index is -1.26. The average Bonchev–Trinajstić information content (AvgIpc) is 3.35. The van der Waals surface area contributed by atoms with Crippen LogP contribution in [0.2, 0.25) is 5.02 Å². The van der Waals surface area contributed by atoms with E-state index >= 15 is 0 Å². The van der Waals surface area contributed by atoms with Gasteiger partial charge < -0.3 is 19.9 Å². The van der Waals surface area contributed by atoms with Gasteiger partial charge in [0.25, 0.3) is 5.91 Å². The monoisotopic (exact) mass is 519 g/mol. The van der Waals surface area contributed by atoms with Crippen LogP contribution in [0, 0.1) is 0 Å². The highest BCUT2D eigenvalue weighted by Crippen LogP contribution is 2.31. The van der Waals surface area contributed by atoms with E-state index in [1.54, 1.807) is 36.4 Å². The molecule has 3 aromatic rings. The lowest BCUT2D eigenvalue weighted by Crippen LogP contribution is -2.48. The van der Waals surface area contributed by atoms with Crippen LogP contribution in [0.5, 0.6) is 5.75 Å². The van der Waals surface area contributed by atoms with Gasteiger partial charge in [-0.15, -0.1) is 0 Å². The second kappa shape index (κ2) is 12.3. The molecule has 4 rings (SSSR count). The zero-order valence-corrected chi connectivity index (χ0v) is 20.8. The second-order valence-corrected chi connectivity index (χ2v) is 8.93. The van der Waals surface area contributed by atoms with E-state index in [9.17, 15) is 4.79 Å². The molecule has 0 radical (unpaired) electrons. The first-order valence-electron chi connectivity index (χ1n) is 11.8. The highest BCUT2D eigenvalue weighted by molar-refractivity contribution is 6.30. The highest BCUT2D eigenvalue weighted by Gasteiger charge is 2.44. The first-order chi connectivity index (χ1) is 18.0. The third kappa shape index (κ3) is 6.59. The van der Waals surface area contributed by atoms with Gasteiger partial charge in [0.2, 0.25) is 5.90 Å². The van der Waals surface area contributed by atoms with Crippen LogP contribution in [-0.4, -0.2) is 42.3 Å². The lowest BCUT2D eigenvalue weighted by atomic mass is 9.90. The zero-order valence-electron chi connectivity index (χ0n) is 20.0. The van der Waals surface area contributed by atoms with Crippen LogP contribution in [0.1, 0.15) is 23.1 Å². The van der Waals surface area contributed by atoms with E-state index in [2.05, 4.69) is 15.3 Å². The number of aliphatic hydroxyl groups excluding tert-OH is 1. The van der Waals surface area contributed by atoms with E-state index in [0.717, 1.165) is 5.56 Å². The fourth-order valence-electron chi connectivity index (χ4n) is 3.90. The molecule has 1 aliphatic rings. The number of amides is 1. The molecule has 1 atom stereocenters. The van der Waals surface area contributed by atoms with Crippen molar-refractivity contribution >= 4 is 29.1 Å². The summed E-state index contributed by atoms with van der Waals surface area (Å²) >= 11 is 5.97. The minimum Gasteiger partial charge on any atom is -0.494 e. The summed E-state index contributed by atoms with van der Waals surface area (Å²) in [5, 5.41) is 16.3. The summed E-state index contributed by atoms with van der Waals surface area (Å²) in [6.45, 7) is 0.789. The fraction of sp³-hybridized carbons (Fsp3) is 0.259. The zero-order chi connectivity index (χ0) is 26.1. The predicted octanol–water partition coefficient (Wildman–Crippen LogP) is 5.12. The van der Waals surface area contributed by atoms with Crippen molar-refractivity contribution in [3.05, 3.63) is 105 Å². The Balaban J connectivity index is 1.60. The number of carbonyl (C=O) groups excluding carboxylic acids is 1. The molecule has 0 spiro atoms. The number of halogens is 1. The summed E-state index contributed by atoms with van der Waals surface area (Å²) in [6, 6.07) is 21.5. The fourth-order valence-corrected chi connectivity index (χ4v) is 4.03. The summed E-state index contributed by atoms with van der Waals surface area (Å²) in [4.78, 5) is 21.3. The average molecular weight is 520 g/mol. The Kier molecular flexibility index (Phi) is 8.64. The van der Waals surface area contributed by atoms with Crippen LogP contribution < -0.4 is 10.1 Å². The molecule has 0 bridgehead atoms. The first-order valence-corrected chi connectivity index (χ1v) is 12.1. The molecule has 9 nitrogen and oxygen atoms in total. The quantitative estimate of drug-likeness (QED) is 0.158. The number of aliphatic hydroxyl groups is 1. The molecule has 1 amide bonds. The molecule has 0 aliphatic carbocycles. The number of carbonyl (C=O) groups is 1. The molecular formula is C27H26ClN5O4. The van der Waals surface area contributed by atoms with Crippen molar-refractivity contribution in [2.45, 2.75) is 24.9 Å². The largest absolute Gasteiger partial charge is 0.494 e. The van der Waals surface area contributed by atoms with Crippen molar-refractivity contribution in [2.75, 3.05) is 19.8 Å². The van der Waals surface area contributed by atoms with Crippen LogP contribution in [0.4, 0.5) is 5.69 Å². The van der Waals surface area contributed by atoms with E-state index in [-0.39, 0.29) is 25.5 Å². The Labute approximate surface area is 219 Å². The number of aliphatic imine (C=N–C) groups is 1. The third-order valence-electron chi connectivity index (χ3n) is 5.85. The standard InChI is InChI=1S/C27H26ClN5O4/c28-22-10-6-19(7-11-22)17-30-26(35)27(16-21-4-1-2-5-24(21)32-33-29)18-37-25(31-27)20-8-12-23(13-9-20)36-15-3-14-34/h1-2,4-13,34H,3,14-18H2,(H,30,35)/t27-/m1/s1. The van der Waals surface area contributed by atoms with Crippen molar-refractivity contribution in [1.82, 2.24) is 5.32 Å². The molecular weight excluding hydrogens is 494 g/mol. The van der Waals surface area contributed by atoms with Crippen molar-refractivity contribution in [2.24, 2.45) is 10.1 Å². The first kappa shape index (κ1) is 26.0. The molecule has 10 heteroatoms. The minimum absolute atomic E-state index is 0.0220. The molecule has 0 fully saturated rings. The summed E-state index contributed by atoms with van der Waals surface area (Å²) in [6.07, 6.45) is 0.725. The van der Waals surface area contributed by atoms with Gasteiger partial charge >= 0.3 is 0 Å². The van der Waals surface area contributed by atoms with Crippen LogP contribution >= 0.6 is 11.6 Å². The third-order valence-corrected chi connectivity index (χ3v) is 6.10. The molecule has 1 aliphatic heterocycles. The molecule has 0 aromatic heterocycles. The number of nitrogens with zero attached hydrogens (tertiary/aromatic N) is 4. The van der Waals surface area contributed by atoms with Crippen molar-refractivity contribution in [3.63, 3.8) is 0 Å². The van der Waals surface area contributed by atoms with Crippen LogP contribution in [-0.2, 0) is 22.5 Å². The second-order valence-electron chi connectivity index (χ2n) is 8.49. The maximum absolute atomic E-state index is 13.6. The van der Waals surface area contributed by atoms with Gasteiger partial charge in [0.05, 0.1) is 6.61 Å². The van der Waals surface area contributed by atoms with Gasteiger partial charge in [0.15, 0.2) is 5.54 Å². The van der Waals surface area contributed by atoms with Crippen LogP contribution in [0.25, 0.3) is 10.4 Å². The van der Waals surface area contributed by atoms with Gasteiger partial charge in [-0.3, -0.25) is 4.79 Å². The maximum atomic E-state index is 13.6. The van der Waals surface area contributed by atoms with Gasteiger partial charge in [0.1, 0.15) is 12.4 Å². The number of ether oxygens (including phenoxy) is 2. The molecule has 0 unspecified atom stereocenters. The Hall–Kier alpha value is -4.04. The summed E-state index contributed by atoms with van der Waals surface area (Å²) in [5.41, 5.74) is 10.4. The number of nitrogens with one attached hydrogen (secondary N) is 1. The molecule has 1 heterocycles.